The third-order valence-electron chi connectivity index (χ3n) is 4.34. The molecular formula is C16H12ClN3O11S3. The van der Waals surface area contributed by atoms with Gasteiger partial charge in [0.25, 0.3) is 30.4 Å². The van der Waals surface area contributed by atoms with E-state index < -0.39 is 83.7 Å². The number of nitrogen functional groups attached to an aromatic ring is 1. The molecule has 14 nitrogen and oxygen atoms in total. The van der Waals surface area contributed by atoms with E-state index in [2.05, 4.69) is 10.2 Å². The number of benzene rings is 3. The maximum atomic E-state index is 11.9. The number of nitrogens with zero attached hydrogens (tertiary/aromatic N) is 2. The zero-order valence-electron chi connectivity index (χ0n) is 16.1. The van der Waals surface area contributed by atoms with Gasteiger partial charge in [-0.3, -0.25) is 13.7 Å². The van der Waals surface area contributed by atoms with Crippen molar-refractivity contribution in [2.75, 3.05) is 5.73 Å². The van der Waals surface area contributed by atoms with E-state index in [0.29, 0.717) is 18.2 Å². The minimum absolute atomic E-state index is 0.294. The van der Waals surface area contributed by atoms with Crippen molar-refractivity contribution in [3.05, 3.63) is 35.4 Å². The second kappa shape index (κ2) is 8.31. The van der Waals surface area contributed by atoms with Crippen molar-refractivity contribution in [1.29, 1.82) is 0 Å². The van der Waals surface area contributed by atoms with Gasteiger partial charge in [-0.2, -0.15) is 25.3 Å². The molecule has 34 heavy (non-hydrogen) atoms. The molecule has 182 valence electrons. The van der Waals surface area contributed by atoms with E-state index in [4.69, 9.17) is 17.3 Å². The van der Waals surface area contributed by atoms with Crippen LogP contribution in [0.25, 0.3) is 10.8 Å². The molecule has 0 atom stereocenters. The normalized spacial score (nSPS) is 13.1. The van der Waals surface area contributed by atoms with Crippen LogP contribution in [0.1, 0.15) is 0 Å². The molecule has 0 aliphatic rings. The predicted molar refractivity (Wildman–Crippen MR) is 117 cm³/mol. The highest BCUT2D eigenvalue weighted by Crippen LogP contribution is 2.46. The Kier molecular flexibility index (Phi) is 6.25. The molecule has 0 saturated heterocycles. The van der Waals surface area contributed by atoms with Gasteiger partial charge in [0.1, 0.15) is 21.2 Å². The molecule has 0 heterocycles. The van der Waals surface area contributed by atoms with Crippen LogP contribution in [-0.4, -0.2) is 49.1 Å². The lowest BCUT2D eigenvalue weighted by molar-refractivity contribution is 0.470. The van der Waals surface area contributed by atoms with Crippen molar-refractivity contribution in [2.45, 2.75) is 14.7 Å². The number of aromatic hydroxyl groups is 2. The van der Waals surface area contributed by atoms with Gasteiger partial charge in [-0.15, -0.1) is 10.2 Å². The number of azo groups is 1. The number of rotatable bonds is 5. The fourth-order valence-corrected chi connectivity index (χ4v) is 5.00. The molecule has 0 aliphatic heterocycles. The molecule has 0 aliphatic carbocycles. The summed E-state index contributed by atoms with van der Waals surface area (Å²) in [7, 11) is -15.0. The summed E-state index contributed by atoms with van der Waals surface area (Å²) in [5.41, 5.74) is 3.74. The smallest absolute Gasteiger partial charge is 0.296 e. The first-order chi connectivity index (χ1) is 15.4. The van der Waals surface area contributed by atoms with E-state index in [0.717, 1.165) is 12.1 Å². The summed E-state index contributed by atoms with van der Waals surface area (Å²) < 4.78 is 98.1. The molecule has 0 radical (unpaired) electrons. The molecule has 7 N–H and O–H groups in total. The van der Waals surface area contributed by atoms with Gasteiger partial charge >= 0.3 is 0 Å². The number of halogens is 1. The Morgan fingerprint density at radius 2 is 1.35 bits per heavy atom. The molecule has 3 aromatic rings. The van der Waals surface area contributed by atoms with Crippen LogP contribution in [0.3, 0.4) is 0 Å². The van der Waals surface area contributed by atoms with E-state index in [-0.39, 0.29) is 5.69 Å². The Balaban J connectivity index is 2.41. The summed E-state index contributed by atoms with van der Waals surface area (Å²) in [6.07, 6.45) is 0. The van der Waals surface area contributed by atoms with E-state index >= 15 is 0 Å². The van der Waals surface area contributed by atoms with Crippen molar-refractivity contribution < 1.29 is 49.1 Å². The summed E-state index contributed by atoms with van der Waals surface area (Å²) >= 11 is 5.69. The maximum absolute atomic E-state index is 11.9. The number of phenolic OH excluding ortho intramolecular Hbond substituents is 2. The highest BCUT2D eigenvalue weighted by Gasteiger charge is 2.27. The third-order valence-corrected chi connectivity index (χ3v) is 7.23. The lowest BCUT2D eigenvalue weighted by Crippen LogP contribution is -2.04. The fraction of sp³-hybridized carbons (Fsp3) is 0. The van der Waals surface area contributed by atoms with Crippen molar-refractivity contribution in [2.24, 2.45) is 10.2 Å². The average Bonchev–Trinajstić information content (AvgIpc) is 2.67. The van der Waals surface area contributed by atoms with Crippen LogP contribution < -0.4 is 5.73 Å². The average molecular weight is 554 g/mol. The zero-order chi connectivity index (χ0) is 25.8. The Bertz CT molecular complexity index is 1720. The molecular weight excluding hydrogens is 542 g/mol. The number of anilines is 1. The lowest BCUT2D eigenvalue weighted by atomic mass is 10.1. The summed E-state index contributed by atoms with van der Waals surface area (Å²) in [5.74, 6) is -1.95. The van der Waals surface area contributed by atoms with Crippen LogP contribution in [0.5, 0.6) is 11.5 Å². The Morgan fingerprint density at radius 1 is 0.765 bits per heavy atom. The Hall–Kier alpha value is -3.06. The van der Waals surface area contributed by atoms with Crippen LogP contribution in [0, 0.1) is 0 Å². The maximum Gasteiger partial charge on any atom is 0.296 e. The van der Waals surface area contributed by atoms with Gasteiger partial charge in [-0.25, -0.2) is 0 Å². The van der Waals surface area contributed by atoms with Gasteiger partial charge in [0, 0.05) is 11.1 Å². The van der Waals surface area contributed by atoms with E-state index in [1.165, 1.54) is 0 Å². The molecule has 0 aromatic heterocycles. The standard InChI is InChI=1S/C16H12ClN3O11S3/c17-8-3-6(32(23,24)25)4-10(15(8)21)19-20-14-12(34(29,30)31)5-7-11(33(26,27)28)2-1-9(18)13(7)16(14)22/h1-5,21-22H,18H2,(H,23,24,25)(H,26,27,28)(H,29,30,31). The van der Waals surface area contributed by atoms with Gasteiger partial charge in [-0.05, 0) is 30.3 Å². The van der Waals surface area contributed by atoms with Gasteiger partial charge in [0.15, 0.2) is 11.5 Å². The van der Waals surface area contributed by atoms with Crippen LogP contribution in [0.4, 0.5) is 17.1 Å². The molecule has 3 rings (SSSR count). The topological polar surface area (TPSA) is 254 Å². The predicted octanol–water partition coefficient (Wildman–Crippen LogP) is 2.64. The second-order valence-electron chi connectivity index (χ2n) is 6.55. The molecule has 0 bridgehead atoms. The SMILES string of the molecule is Nc1ccc(S(=O)(=O)O)c2cc(S(=O)(=O)O)c(N=Nc3cc(S(=O)(=O)O)cc(Cl)c3O)c(O)c12. The van der Waals surface area contributed by atoms with Gasteiger partial charge in [0.2, 0.25) is 0 Å². The fourth-order valence-electron chi connectivity index (χ4n) is 2.87. The molecule has 0 amide bonds. The van der Waals surface area contributed by atoms with Crippen LogP contribution in [-0.2, 0) is 30.4 Å². The molecule has 0 unspecified atom stereocenters. The van der Waals surface area contributed by atoms with Crippen molar-refractivity contribution >= 4 is 69.8 Å². The van der Waals surface area contributed by atoms with Gasteiger partial charge in [-0.1, -0.05) is 11.6 Å². The van der Waals surface area contributed by atoms with E-state index in [1.807, 2.05) is 0 Å². The molecule has 0 spiro atoms. The highest BCUT2D eigenvalue weighted by atomic mass is 35.5. The first-order valence-corrected chi connectivity index (χ1v) is 13.1. The highest BCUT2D eigenvalue weighted by molar-refractivity contribution is 7.86. The van der Waals surface area contributed by atoms with Crippen LogP contribution >= 0.6 is 11.6 Å². The summed E-state index contributed by atoms with van der Waals surface area (Å²) in [5, 5.41) is 25.8. The quantitative estimate of drug-likeness (QED) is 0.151. The van der Waals surface area contributed by atoms with Crippen molar-refractivity contribution in [3.63, 3.8) is 0 Å². The summed E-state index contributed by atoms with van der Waals surface area (Å²) in [6.45, 7) is 0. The van der Waals surface area contributed by atoms with Crippen LogP contribution in [0.2, 0.25) is 5.02 Å². The molecule has 3 aromatic carbocycles. The zero-order valence-corrected chi connectivity index (χ0v) is 19.4. The lowest BCUT2D eigenvalue weighted by Gasteiger charge is -2.13. The number of fused-ring (bicyclic) bond motifs is 1. The first kappa shape index (κ1) is 25.6. The number of phenols is 2. The Morgan fingerprint density at radius 3 is 1.88 bits per heavy atom. The Labute approximate surface area is 196 Å². The molecule has 18 heteroatoms. The summed E-state index contributed by atoms with van der Waals surface area (Å²) in [6, 6.07) is 3.62. The largest absolute Gasteiger partial charge is 0.505 e. The number of hydrogen-bond donors (Lipinski definition) is 6. The number of hydrogen-bond acceptors (Lipinski definition) is 11. The third kappa shape index (κ3) is 4.75. The number of nitrogens with two attached hydrogens (primary N) is 1. The van der Waals surface area contributed by atoms with E-state index in [9.17, 15) is 49.1 Å². The van der Waals surface area contributed by atoms with Gasteiger partial charge < -0.3 is 15.9 Å². The minimum atomic E-state index is -5.23. The van der Waals surface area contributed by atoms with Crippen molar-refractivity contribution in [3.8, 4) is 11.5 Å². The van der Waals surface area contributed by atoms with Crippen LogP contribution in [0.15, 0.2) is 55.2 Å². The minimum Gasteiger partial charge on any atom is -0.505 e. The van der Waals surface area contributed by atoms with Crippen molar-refractivity contribution in [1.82, 2.24) is 0 Å². The first-order valence-electron chi connectivity index (χ1n) is 8.37. The second-order valence-corrected chi connectivity index (χ2v) is 11.2. The van der Waals surface area contributed by atoms with Gasteiger partial charge in [0.05, 0.1) is 15.3 Å². The molecule has 0 fully saturated rings. The monoisotopic (exact) mass is 553 g/mol. The summed E-state index contributed by atoms with van der Waals surface area (Å²) in [4.78, 5) is -2.86. The van der Waals surface area contributed by atoms with E-state index in [1.54, 1.807) is 0 Å². The molecule has 0 saturated carbocycles.